The van der Waals surface area contributed by atoms with Crippen molar-refractivity contribution in [2.24, 2.45) is 0 Å². The second-order valence-corrected chi connectivity index (χ2v) is 4.30. The fourth-order valence-corrected chi connectivity index (χ4v) is 1.88. The van der Waals surface area contributed by atoms with Crippen molar-refractivity contribution in [3.8, 4) is 5.75 Å². The Morgan fingerprint density at radius 3 is 3.12 bits per heavy atom. The summed E-state index contributed by atoms with van der Waals surface area (Å²) in [4.78, 5) is 11.5. The fraction of sp³-hybridized carbons (Fsp3) is 0.417. The number of hydrogen-bond acceptors (Lipinski definition) is 4. The molecule has 4 nitrogen and oxygen atoms in total. The highest BCUT2D eigenvalue weighted by Crippen LogP contribution is 2.30. The number of amides is 1. The molecule has 0 bridgehead atoms. The number of nitrogens with one attached hydrogen (secondary N) is 2. The van der Waals surface area contributed by atoms with Gasteiger partial charge in [0, 0.05) is 5.88 Å². The van der Waals surface area contributed by atoms with Gasteiger partial charge in [-0.2, -0.15) is 12.6 Å². The summed E-state index contributed by atoms with van der Waals surface area (Å²) in [5.41, 5.74) is 1.92. The molecule has 1 heterocycles. The highest BCUT2D eigenvalue weighted by Gasteiger charge is 2.23. The lowest BCUT2D eigenvalue weighted by Crippen LogP contribution is -2.34. The molecule has 0 aromatic heterocycles. The lowest BCUT2D eigenvalue weighted by Gasteiger charge is -2.23. The van der Waals surface area contributed by atoms with E-state index in [4.69, 9.17) is 4.74 Å². The Bertz CT molecular complexity index is 423. The predicted molar refractivity (Wildman–Crippen MR) is 70.7 cm³/mol. The molecule has 0 saturated heterocycles. The molecule has 1 amide bonds. The summed E-state index contributed by atoms with van der Waals surface area (Å²) < 4.78 is 5.48. The van der Waals surface area contributed by atoms with Crippen LogP contribution in [0.3, 0.4) is 0 Å². The summed E-state index contributed by atoms with van der Waals surface area (Å²) in [5.74, 6) is 1.31. The zero-order valence-corrected chi connectivity index (χ0v) is 10.6. The Morgan fingerprint density at radius 2 is 2.35 bits per heavy atom. The van der Waals surface area contributed by atoms with Gasteiger partial charge in [0.2, 0.25) is 0 Å². The van der Waals surface area contributed by atoms with E-state index in [2.05, 4.69) is 23.3 Å². The van der Waals surface area contributed by atoms with Gasteiger partial charge in [-0.05, 0) is 37.6 Å². The van der Waals surface area contributed by atoms with Gasteiger partial charge in [-0.15, -0.1) is 0 Å². The third-order valence-electron chi connectivity index (χ3n) is 2.68. The number of fused-ring (bicyclic) bond motifs is 1. The van der Waals surface area contributed by atoms with Gasteiger partial charge in [-0.1, -0.05) is 6.07 Å². The van der Waals surface area contributed by atoms with Crippen LogP contribution in [0, 0.1) is 0 Å². The summed E-state index contributed by atoms with van der Waals surface area (Å²) in [7, 11) is 0. The van der Waals surface area contributed by atoms with Gasteiger partial charge in [0.05, 0.1) is 5.69 Å². The maximum absolute atomic E-state index is 11.5. The molecule has 1 aliphatic heterocycles. The van der Waals surface area contributed by atoms with Gasteiger partial charge in [0.25, 0.3) is 5.91 Å². The first-order valence-electron chi connectivity index (χ1n) is 5.62. The number of carbonyl (C=O) groups is 1. The third kappa shape index (κ3) is 2.92. The van der Waals surface area contributed by atoms with Crippen LogP contribution in [0.1, 0.15) is 12.5 Å². The van der Waals surface area contributed by atoms with Gasteiger partial charge in [-0.25, -0.2) is 0 Å². The summed E-state index contributed by atoms with van der Waals surface area (Å²) in [6, 6.07) is 5.88. The molecule has 1 aliphatic rings. The summed E-state index contributed by atoms with van der Waals surface area (Å²) >= 11 is 4.08. The Balaban J connectivity index is 2.09. The van der Waals surface area contributed by atoms with E-state index in [-0.39, 0.29) is 5.91 Å². The molecule has 0 fully saturated rings. The molecular weight excluding hydrogens is 236 g/mol. The van der Waals surface area contributed by atoms with Crippen molar-refractivity contribution in [2.75, 3.05) is 17.7 Å². The molecule has 0 radical (unpaired) electrons. The van der Waals surface area contributed by atoms with E-state index in [0.717, 1.165) is 30.0 Å². The first-order chi connectivity index (χ1) is 8.20. The van der Waals surface area contributed by atoms with Crippen LogP contribution in [0.4, 0.5) is 5.69 Å². The first-order valence-corrected chi connectivity index (χ1v) is 6.26. The molecule has 5 heteroatoms. The van der Waals surface area contributed by atoms with Crippen LogP contribution in [0.5, 0.6) is 5.75 Å². The number of anilines is 1. The largest absolute Gasteiger partial charge is 0.479 e. The van der Waals surface area contributed by atoms with Gasteiger partial charge in [0.15, 0.2) is 6.10 Å². The average molecular weight is 252 g/mol. The summed E-state index contributed by atoms with van der Waals surface area (Å²) in [6.07, 6.45) is 0.485. The van der Waals surface area contributed by atoms with E-state index in [1.54, 1.807) is 6.92 Å². The van der Waals surface area contributed by atoms with Gasteiger partial charge >= 0.3 is 0 Å². The topological polar surface area (TPSA) is 50.4 Å². The van der Waals surface area contributed by atoms with Crippen LogP contribution in [0.2, 0.25) is 0 Å². The lowest BCUT2D eigenvalue weighted by molar-refractivity contribution is -0.122. The predicted octanol–water partition coefficient (Wildman–Crippen LogP) is 1.43. The molecule has 1 unspecified atom stereocenters. The minimum absolute atomic E-state index is 0.0943. The van der Waals surface area contributed by atoms with Crippen LogP contribution in [-0.4, -0.2) is 24.4 Å². The number of ether oxygens (including phenoxy) is 1. The van der Waals surface area contributed by atoms with Crippen LogP contribution in [-0.2, 0) is 11.2 Å². The van der Waals surface area contributed by atoms with Gasteiger partial charge in [-0.3, -0.25) is 4.79 Å². The molecule has 17 heavy (non-hydrogen) atoms. The summed E-state index contributed by atoms with van der Waals surface area (Å²) in [6.45, 7) is 2.61. The van der Waals surface area contributed by atoms with Crippen LogP contribution < -0.4 is 15.4 Å². The Kier molecular flexibility index (Phi) is 3.91. The normalized spacial score (nSPS) is 18.2. The number of carbonyl (C=O) groups excluding carboxylic acids is 1. The van der Waals surface area contributed by atoms with E-state index in [1.807, 2.05) is 18.2 Å². The SMILES string of the molecule is CC1Oc2ccc(CCNCS)cc2NC1=O. The third-order valence-corrected chi connectivity index (χ3v) is 2.90. The molecule has 0 saturated carbocycles. The minimum Gasteiger partial charge on any atom is -0.479 e. The highest BCUT2D eigenvalue weighted by atomic mass is 32.1. The second kappa shape index (κ2) is 5.42. The number of rotatable bonds is 4. The standard InChI is InChI=1S/C12H16N2O2S/c1-8-12(15)14-10-6-9(4-5-13-7-17)2-3-11(10)16-8/h2-3,6,8,13,17H,4-5,7H2,1H3,(H,14,15). The Hall–Kier alpha value is -1.20. The molecule has 92 valence electrons. The van der Waals surface area contributed by atoms with Crippen molar-refractivity contribution in [3.63, 3.8) is 0 Å². The van der Waals surface area contributed by atoms with Crippen molar-refractivity contribution in [3.05, 3.63) is 23.8 Å². The van der Waals surface area contributed by atoms with Gasteiger partial charge < -0.3 is 15.4 Å². The van der Waals surface area contributed by atoms with Crippen LogP contribution in [0.15, 0.2) is 18.2 Å². The maximum Gasteiger partial charge on any atom is 0.265 e. The van der Waals surface area contributed by atoms with E-state index < -0.39 is 6.10 Å². The van der Waals surface area contributed by atoms with Gasteiger partial charge in [0.1, 0.15) is 5.75 Å². The minimum atomic E-state index is -0.417. The zero-order valence-electron chi connectivity index (χ0n) is 9.69. The maximum atomic E-state index is 11.5. The zero-order chi connectivity index (χ0) is 12.3. The molecule has 2 rings (SSSR count). The van der Waals surface area contributed by atoms with Crippen molar-refractivity contribution in [1.29, 1.82) is 0 Å². The lowest BCUT2D eigenvalue weighted by atomic mass is 10.1. The molecular formula is C12H16N2O2S. The van der Waals surface area contributed by atoms with Crippen molar-refractivity contribution in [1.82, 2.24) is 5.32 Å². The average Bonchev–Trinajstić information content (AvgIpc) is 2.31. The molecule has 0 aliphatic carbocycles. The first kappa shape index (κ1) is 12.3. The van der Waals surface area contributed by atoms with E-state index in [0.29, 0.717) is 5.88 Å². The smallest absolute Gasteiger partial charge is 0.265 e. The van der Waals surface area contributed by atoms with Crippen molar-refractivity contribution in [2.45, 2.75) is 19.4 Å². The molecule has 2 N–H and O–H groups in total. The van der Waals surface area contributed by atoms with Crippen LogP contribution >= 0.6 is 12.6 Å². The van der Waals surface area contributed by atoms with E-state index >= 15 is 0 Å². The Morgan fingerprint density at radius 1 is 1.53 bits per heavy atom. The fourth-order valence-electron chi connectivity index (χ4n) is 1.72. The summed E-state index contributed by atoms with van der Waals surface area (Å²) in [5, 5.41) is 5.98. The molecule has 1 aromatic rings. The second-order valence-electron chi connectivity index (χ2n) is 3.99. The van der Waals surface area contributed by atoms with Crippen molar-refractivity contribution >= 4 is 24.2 Å². The van der Waals surface area contributed by atoms with Crippen molar-refractivity contribution < 1.29 is 9.53 Å². The quantitative estimate of drug-likeness (QED) is 0.431. The monoisotopic (exact) mass is 252 g/mol. The van der Waals surface area contributed by atoms with Crippen LogP contribution in [0.25, 0.3) is 0 Å². The molecule has 1 atom stereocenters. The highest BCUT2D eigenvalue weighted by molar-refractivity contribution is 7.80. The number of thiol groups is 1. The Labute approximate surface area is 106 Å². The molecule has 0 spiro atoms. The molecule has 1 aromatic carbocycles. The van der Waals surface area contributed by atoms with E-state index in [1.165, 1.54) is 0 Å². The number of benzene rings is 1. The number of hydrogen-bond donors (Lipinski definition) is 3. The van der Waals surface area contributed by atoms with E-state index in [9.17, 15) is 4.79 Å².